The first kappa shape index (κ1) is 119. The Kier molecular flexibility index (Phi) is 2670. The van der Waals surface area contributed by atoms with Crippen molar-refractivity contribution in [3.05, 3.63) is 39.4 Å². The van der Waals surface area contributed by atoms with Gasteiger partial charge in [-0.15, -0.1) is 0 Å². The number of hydrogen-bond donors (Lipinski definition) is 1. The fourth-order valence-electron chi connectivity index (χ4n) is 0. The second-order valence-corrected chi connectivity index (χ2v) is 0. The maximum absolute atomic E-state index is 6.25. The summed E-state index contributed by atoms with van der Waals surface area (Å²) in [5.41, 5.74) is 0. The van der Waals surface area contributed by atoms with Crippen LogP contribution in [0.15, 0.2) is 0 Å². The predicted molar refractivity (Wildman–Crippen MR) is 34.8 cm³/mol. The van der Waals surface area contributed by atoms with Gasteiger partial charge in [-0.25, -0.2) is 0 Å². The van der Waals surface area contributed by atoms with Crippen LogP contribution in [0, 0.1) is 71.0 Å². The van der Waals surface area contributed by atoms with Crippen molar-refractivity contribution < 1.29 is 34.1 Å². The van der Waals surface area contributed by atoms with Crippen molar-refractivity contribution in [1.82, 2.24) is 6.15 Å². The molecule has 0 aliphatic rings. The minimum Gasteiger partial charge on any atom is -0.512 e. The van der Waals surface area contributed by atoms with Crippen molar-refractivity contribution in [2.24, 2.45) is 0 Å². The molecule has 0 amide bonds. The van der Waals surface area contributed by atoms with Gasteiger partial charge in [-0.1, -0.05) is 0 Å². The van der Waals surface area contributed by atoms with Gasteiger partial charge in [0, 0.05) is 17.1 Å². The quantitative estimate of drug-likeness (QED) is 0.504. The van der Waals surface area contributed by atoms with E-state index in [4.69, 9.17) is 71.0 Å². The molecule has 0 aromatic heterocycles. The van der Waals surface area contributed by atoms with Crippen molar-refractivity contribution in [3.8, 4) is 0 Å². The number of nitrogens with zero attached hydrogens (tertiary/aromatic N) is 6. The minimum absolute atomic E-state index is 0. The molecule has 0 bridgehead atoms. The second-order valence-electron chi connectivity index (χ2n) is 0. The SMILES string of the molecule is N.[C-]#N.[C-]#N.[C-]#N.[C-]#N.[C-]#N.[C-]#N.[Cu].[Fe+6]. The number of hydrogen-bond acceptors (Lipinski definition) is 7. The van der Waals surface area contributed by atoms with E-state index in [-0.39, 0.29) is 40.3 Å². The number of rotatable bonds is 0. The summed E-state index contributed by atoms with van der Waals surface area (Å²) in [6, 6.07) is 0. The van der Waals surface area contributed by atoms with Gasteiger partial charge < -0.3 is 77.2 Å². The van der Waals surface area contributed by atoms with Crippen molar-refractivity contribution in [2.75, 3.05) is 0 Å². The molecule has 0 atom stereocenters. The molecule has 0 saturated heterocycles. The summed E-state index contributed by atoms with van der Waals surface area (Å²) < 4.78 is 0. The average Bonchev–Trinajstić information content (AvgIpc) is 2.33. The van der Waals surface area contributed by atoms with E-state index in [0.717, 1.165) is 0 Å². The zero-order valence-electron chi connectivity index (χ0n) is 7.05. The third-order valence-electron chi connectivity index (χ3n) is 0. The molecule has 0 rings (SSSR count). The largest absolute Gasteiger partial charge is 6.00 e. The Morgan fingerprint density at radius 3 is 0.400 bits per heavy atom. The smallest absolute Gasteiger partial charge is 0.512 e. The molecule has 3 N–H and O–H groups in total. The van der Waals surface area contributed by atoms with Crippen LogP contribution in [0.2, 0.25) is 0 Å². The van der Waals surface area contributed by atoms with E-state index in [2.05, 4.69) is 0 Å². The molecule has 1 radical (unpaired) electrons. The molecule has 0 fully saturated rings. The third-order valence-corrected chi connectivity index (χ3v) is 0. The standard InChI is InChI=1S/6CN.Cu.Fe.H3N/c6*1-2;;;/h;;;;;;;;1H3/q6*-1;;+6;. The normalized spacial score (nSPS) is 0.800. The molecule has 0 aliphatic carbocycles. The van der Waals surface area contributed by atoms with Gasteiger partial charge in [0.15, 0.2) is 0 Å². The molecule has 9 heteroatoms. The van der Waals surface area contributed by atoms with Crippen molar-refractivity contribution in [3.63, 3.8) is 0 Å². The first-order valence-electron chi connectivity index (χ1n) is 1.34. The Bertz CT molecular complexity index is 98.5. The summed E-state index contributed by atoms with van der Waals surface area (Å²) in [5, 5.41) is 37.5. The fraction of sp³-hybridized carbons (Fsp3) is 0. The topological polar surface area (TPSA) is 178 Å². The fourth-order valence-corrected chi connectivity index (χ4v) is 0. The Labute approximate surface area is 111 Å². The van der Waals surface area contributed by atoms with Crippen LogP contribution in [0.3, 0.4) is 0 Å². The van der Waals surface area contributed by atoms with E-state index in [1.165, 1.54) is 0 Å². The first-order valence-corrected chi connectivity index (χ1v) is 1.34. The van der Waals surface area contributed by atoms with Crippen LogP contribution in [0.5, 0.6) is 0 Å². The molecule has 0 heterocycles. The Hall–Kier alpha value is -2.06. The summed E-state index contributed by atoms with van der Waals surface area (Å²) in [5.74, 6) is 0. The maximum atomic E-state index is 6.25. The molecule has 0 aromatic rings. The van der Waals surface area contributed by atoms with E-state index in [0.29, 0.717) is 0 Å². The second kappa shape index (κ2) is 336. The van der Waals surface area contributed by atoms with Crippen molar-refractivity contribution in [1.29, 1.82) is 31.6 Å². The van der Waals surface area contributed by atoms with Crippen molar-refractivity contribution in [2.45, 2.75) is 0 Å². The van der Waals surface area contributed by atoms with Gasteiger partial charge in [-0.05, 0) is 0 Å². The molecule has 0 aliphatic heterocycles. The molecule has 15 heavy (non-hydrogen) atoms. The molecule has 0 saturated carbocycles. The van der Waals surface area contributed by atoms with Gasteiger partial charge in [-0.3, -0.25) is 0 Å². The van der Waals surface area contributed by atoms with Crippen LogP contribution < -0.4 is 6.15 Å². The predicted octanol–water partition coefficient (Wildman–Crippen LogP) is 0.735. The summed E-state index contributed by atoms with van der Waals surface area (Å²) >= 11 is 0. The monoisotopic (exact) mass is 292 g/mol. The zero-order valence-corrected chi connectivity index (χ0v) is 9.09. The van der Waals surface area contributed by atoms with Crippen LogP contribution in [0.4, 0.5) is 0 Å². The van der Waals surface area contributed by atoms with Gasteiger partial charge in [0.2, 0.25) is 0 Å². The van der Waals surface area contributed by atoms with Crippen LogP contribution in [0.1, 0.15) is 0 Å². The summed E-state index contributed by atoms with van der Waals surface area (Å²) in [7, 11) is 0. The summed E-state index contributed by atoms with van der Waals surface area (Å²) in [6.07, 6.45) is 0. The van der Waals surface area contributed by atoms with Gasteiger partial charge in [0.25, 0.3) is 0 Å². The van der Waals surface area contributed by atoms with E-state index >= 15 is 0 Å². The van der Waals surface area contributed by atoms with Crippen LogP contribution >= 0.6 is 0 Å². The zero-order chi connectivity index (χ0) is 12.0. The van der Waals surface area contributed by atoms with Crippen LogP contribution in [-0.2, 0) is 34.1 Å². The van der Waals surface area contributed by atoms with Gasteiger partial charge in [-0.2, -0.15) is 0 Å². The third kappa shape index (κ3) is 278. The Morgan fingerprint density at radius 1 is 0.400 bits per heavy atom. The van der Waals surface area contributed by atoms with Crippen molar-refractivity contribution >= 4 is 0 Å². The molecular formula is C6H3CuFeN7. The van der Waals surface area contributed by atoms with E-state index in [1.54, 1.807) is 0 Å². The minimum atomic E-state index is 0. The molecule has 81 valence electrons. The molecule has 0 spiro atoms. The van der Waals surface area contributed by atoms with E-state index in [1.807, 2.05) is 0 Å². The Morgan fingerprint density at radius 2 is 0.400 bits per heavy atom. The maximum Gasteiger partial charge on any atom is 6.00 e. The summed E-state index contributed by atoms with van der Waals surface area (Å²) in [4.78, 5) is 0. The first-order chi connectivity index (χ1) is 6.00. The van der Waals surface area contributed by atoms with Crippen LogP contribution in [0.25, 0.3) is 0 Å². The molecule has 0 unspecified atom stereocenters. The molecule has 7 nitrogen and oxygen atoms in total. The van der Waals surface area contributed by atoms with Gasteiger partial charge >= 0.3 is 17.1 Å². The Balaban J connectivity index is -0.00000000396. The average molecular weight is 293 g/mol. The van der Waals surface area contributed by atoms with Gasteiger partial charge in [0.05, 0.1) is 0 Å². The van der Waals surface area contributed by atoms with Gasteiger partial charge in [0.1, 0.15) is 0 Å². The molecule has 0 aromatic carbocycles. The van der Waals surface area contributed by atoms with E-state index in [9.17, 15) is 0 Å². The summed E-state index contributed by atoms with van der Waals surface area (Å²) in [6.45, 7) is 28.5. The van der Waals surface area contributed by atoms with Crippen LogP contribution in [-0.4, -0.2) is 0 Å². The van der Waals surface area contributed by atoms with E-state index < -0.39 is 0 Å². The molecular weight excluding hydrogens is 290 g/mol.